The Hall–Kier alpha value is -3.12. The van der Waals surface area contributed by atoms with Gasteiger partial charge < -0.3 is 9.88 Å². The summed E-state index contributed by atoms with van der Waals surface area (Å²) < 4.78 is 2.04. The first-order valence-electron chi connectivity index (χ1n) is 9.50. The second-order valence-electron chi connectivity index (χ2n) is 6.91. The van der Waals surface area contributed by atoms with E-state index < -0.39 is 0 Å². The Bertz CT molecular complexity index is 1140. The van der Waals surface area contributed by atoms with Crippen molar-refractivity contribution in [3.63, 3.8) is 0 Å². The van der Waals surface area contributed by atoms with Crippen LogP contribution in [0.15, 0.2) is 78.0 Å². The first-order valence-corrected chi connectivity index (χ1v) is 10.4. The fourth-order valence-corrected chi connectivity index (χ4v) is 4.01. The Labute approximate surface area is 174 Å². The highest BCUT2D eigenvalue weighted by atomic mass is 32.2. The minimum atomic E-state index is -0.306. The van der Waals surface area contributed by atoms with E-state index in [2.05, 4.69) is 33.7 Å². The van der Waals surface area contributed by atoms with Crippen LogP contribution >= 0.6 is 11.8 Å². The van der Waals surface area contributed by atoms with Crippen LogP contribution in [0.1, 0.15) is 18.3 Å². The minimum absolute atomic E-state index is 0.0582. The second-order valence-corrected chi connectivity index (χ2v) is 8.22. The molecule has 1 aromatic heterocycles. The van der Waals surface area contributed by atoms with Gasteiger partial charge in [-0.15, -0.1) is 10.2 Å². The van der Waals surface area contributed by atoms with Gasteiger partial charge in [0.25, 0.3) is 0 Å². The van der Waals surface area contributed by atoms with Crippen LogP contribution in [0.25, 0.3) is 10.8 Å². The second kappa shape index (κ2) is 8.49. The van der Waals surface area contributed by atoms with E-state index in [1.54, 1.807) is 0 Å². The summed E-state index contributed by atoms with van der Waals surface area (Å²) in [6, 6.07) is 24.2. The topological polar surface area (TPSA) is 59.8 Å². The molecule has 29 heavy (non-hydrogen) atoms. The molecular formula is C23H22N4OS. The first-order chi connectivity index (χ1) is 14.1. The number of hydrogen-bond donors (Lipinski definition) is 1. The SMILES string of the molecule is Cc1nnc(SC(C)C(=O)Nc2ccc3ccccc3c2)n1Cc1ccccc1. The summed E-state index contributed by atoms with van der Waals surface area (Å²) in [5.41, 5.74) is 1.97. The molecule has 5 nitrogen and oxygen atoms in total. The van der Waals surface area contributed by atoms with Crippen LogP contribution in [0.5, 0.6) is 0 Å². The normalized spacial score (nSPS) is 12.1. The van der Waals surface area contributed by atoms with Crippen molar-refractivity contribution in [1.29, 1.82) is 0 Å². The lowest BCUT2D eigenvalue weighted by Crippen LogP contribution is -2.23. The summed E-state index contributed by atoms with van der Waals surface area (Å²) in [6.07, 6.45) is 0. The fraction of sp³-hybridized carbons (Fsp3) is 0.174. The van der Waals surface area contributed by atoms with Gasteiger partial charge in [-0.3, -0.25) is 4.79 Å². The van der Waals surface area contributed by atoms with Crippen molar-refractivity contribution in [2.75, 3.05) is 5.32 Å². The third-order valence-corrected chi connectivity index (χ3v) is 5.83. The summed E-state index contributed by atoms with van der Waals surface area (Å²) in [7, 11) is 0. The Morgan fingerprint density at radius 2 is 1.72 bits per heavy atom. The van der Waals surface area contributed by atoms with Crippen molar-refractivity contribution in [2.45, 2.75) is 30.8 Å². The Morgan fingerprint density at radius 1 is 1.00 bits per heavy atom. The molecule has 1 N–H and O–H groups in total. The summed E-state index contributed by atoms with van der Waals surface area (Å²) in [6.45, 7) is 4.50. The third-order valence-electron chi connectivity index (χ3n) is 4.75. The number of benzene rings is 3. The maximum absolute atomic E-state index is 12.7. The number of amides is 1. The summed E-state index contributed by atoms with van der Waals surface area (Å²) in [5.74, 6) is 0.774. The van der Waals surface area contributed by atoms with Crippen molar-refractivity contribution in [3.8, 4) is 0 Å². The van der Waals surface area contributed by atoms with Crippen LogP contribution in [0.3, 0.4) is 0 Å². The molecule has 0 bridgehead atoms. The summed E-state index contributed by atoms with van der Waals surface area (Å²) in [5, 5.41) is 14.2. The highest BCUT2D eigenvalue weighted by Crippen LogP contribution is 2.25. The number of aryl methyl sites for hydroxylation is 1. The van der Waals surface area contributed by atoms with E-state index in [1.807, 2.05) is 73.0 Å². The average molecular weight is 403 g/mol. The number of carbonyl (C=O) groups excluding carboxylic acids is 1. The van der Waals surface area contributed by atoms with Crippen molar-refractivity contribution in [1.82, 2.24) is 14.8 Å². The molecule has 1 heterocycles. The predicted molar refractivity (Wildman–Crippen MR) is 118 cm³/mol. The number of carbonyl (C=O) groups is 1. The average Bonchev–Trinajstić information content (AvgIpc) is 3.08. The van der Waals surface area contributed by atoms with E-state index in [9.17, 15) is 4.79 Å². The molecule has 0 saturated carbocycles. The van der Waals surface area contributed by atoms with Gasteiger partial charge in [0.05, 0.1) is 11.8 Å². The van der Waals surface area contributed by atoms with Gasteiger partial charge in [0.2, 0.25) is 5.91 Å². The minimum Gasteiger partial charge on any atom is -0.325 e. The van der Waals surface area contributed by atoms with Crippen LogP contribution in [-0.4, -0.2) is 25.9 Å². The lowest BCUT2D eigenvalue weighted by Gasteiger charge is -2.13. The van der Waals surface area contributed by atoms with Crippen molar-refractivity contribution in [2.24, 2.45) is 0 Å². The molecule has 0 aliphatic carbocycles. The number of anilines is 1. The molecule has 0 aliphatic rings. The van der Waals surface area contributed by atoms with Gasteiger partial charge in [-0.05, 0) is 42.3 Å². The molecule has 1 atom stereocenters. The monoisotopic (exact) mass is 402 g/mol. The molecule has 146 valence electrons. The van der Waals surface area contributed by atoms with Crippen LogP contribution in [0.2, 0.25) is 0 Å². The van der Waals surface area contributed by atoms with E-state index in [4.69, 9.17) is 0 Å². The summed E-state index contributed by atoms with van der Waals surface area (Å²) in [4.78, 5) is 12.7. The smallest absolute Gasteiger partial charge is 0.237 e. The number of hydrogen-bond acceptors (Lipinski definition) is 4. The molecule has 4 aromatic rings. The molecule has 1 amide bonds. The molecule has 0 radical (unpaired) electrons. The molecule has 6 heteroatoms. The quantitative estimate of drug-likeness (QED) is 0.466. The number of thioether (sulfide) groups is 1. The maximum atomic E-state index is 12.7. The lowest BCUT2D eigenvalue weighted by molar-refractivity contribution is -0.115. The van der Waals surface area contributed by atoms with Crippen LogP contribution < -0.4 is 5.32 Å². The van der Waals surface area contributed by atoms with Crippen LogP contribution in [0, 0.1) is 6.92 Å². The van der Waals surface area contributed by atoms with E-state index >= 15 is 0 Å². The largest absolute Gasteiger partial charge is 0.325 e. The predicted octanol–water partition coefficient (Wildman–Crippen LogP) is 4.91. The van der Waals surface area contributed by atoms with Crippen molar-refractivity contribution in [3.05, 3.63) is 84.2 Å². The fourth-order valence-electron chi connectivity index (χ4n) is 3.12. The number of aromatic nitrogens is 3. The van der Waals surface area contributed by atoms with Gasteiger partial charge >= 0.3 is 0 Å². The molecule has 4 rings (SSSR count). The van der Waals surface area contributed by atoms with Crippen LogP contribution in [-0.2, 0) is 11.3 Å². The molecular weight excluding hydrogens is 380 g/mol. The Morgan fingerprint density at radius 3 is 2.52 bits per heavy atom. The molecule has 1 unspecified atom stereocenters. The van der Waals surface area contributed by atoms with Gasteiger partial charge in [0, 0.05) is 5.69 Å². The maximum Gasteiger partial charge on any atom is 0.237 e. The summed E-state index contributed by atoms with van der Waals surface area (Å²) >= 11 is 1.42. The zero-order valence-corrected chi connectivity index (χ0v) is 17.2. The standard InChI is InChI=1S/C23H22N4OS/c1-16(22(28)24-21-13-12-19-10-6-7-11-20(19)14-21)29-23-26-25-17(2)27(23)15-18-8-4-3-5-9-18/h3-14,16H,15H2,1-2H3,(H,24,28). The van der Waals surface area contributed by atoms with Gasteiger partial charge in [-0.1, -0.05) is 72.4 Å². The van der Waals surface area contributed by atoms with Crippen molar-refractivity contribution < 1.29 is 4.79 Å². The van der Waals surface area contributed by atoms with Gasteiger partial charge in [-0.2, -0.15) is 0 Å². The van der Waals surface area contributed by atoms with E-state index in [0.29, 0.717) is 6.54 Å². The van der Waals surface area contributed by atoms with E-state index in [0.717, 1.165) is 27.4 Å². The lowest BCUT2D eigenvalue weighted by atomic mass is 10.1. The Balaban J connectivity index is 1.46. The van der Waals surface area contributed by atoms with E-state index in [1.165, 1.54) is 17.3 Å². The number of nitrogens with one attached hydrogen (secondary N) is 1. The first kappa shape index (κ1) is 19.2. The van der Waals surface area contributed by atoms with Gasteiger partial charge in [0.15, 0.2) is 5.16 Å². The van der Waals surface area contributed by atoms with Gasteiger partial charge in [-0.25, -0.2) is 0 Å². The number of fused-ring (bicyclic) bond motifs is 1. The number of rotatable bonds is 6. The molecule has 0 spiro atoms. The Kier molecular flexibility index (Phi) is 5.62. The highest BCUT2D eigenvalue weighted by molar-refractivity contribution is 8.00. The zero-order valence-electron chi connectivity index (χ0n) is 16.4. The molecule has 0 saturated heterocycles. The molecule has 0 aliphatic heterocycles. The molecule has 3 aromatic carbocycles. The van der Waals surface area contributed by atoms with E-state index in [-0.39, 0.29) is 11.2 Å². The zero-order chi connectivity index (χ0) is 20.2. The molecule has 0 fully saturated rings. The van der Waals surface area contributed by atoms with Gasteiger partial charge in [0.1, 0.15) is 5.82 Å². The van der Waals surface area contributed by atoms with Crippen LogP contribution in [0.4, 0.5) is 5.69 Å². The highest BCUT2D eigenvalue weighted by Gasteiger charge is 2.19. The number of nitrogens with zero attached hydrogens (tertiary/aromatic N) is 3. The third kappa shape index (κ3) is 4.49. The van der Waals surface area contributed by atoms with Crippen molar-refractivity contribution >= 4 is 34.1 Å².